The molecule has 30 heavy (non-hydrogen) atoms. The maximum Gasteiger partial charge on any atom is 0.263 e. The fourth-order valence-electron chi connectivity index (χ4n) is 3.61. The monoisotopic (exact) mass is 405 g/mol. The Morgan fingerprint density at radius 2 is 1.87 bits per heavy atom. The van der Waals surface area contributed by atoms with Crippen LogP contribution in [0.15, 0.2) is 48.2 Å². The van der Waals surface area contributed by atoms with Crippen LogP contribution >= 0.6 is 0 Å². The van der Waals surface area contributed by atoms with Gasteiger partial charge in [-0.2, -0.15) is 5.26 Å². The smallest absolute Gasteiger partial charge is 0.263 e. The van der Waals surface area contributed by atoms with Crippen LogP contribution < -0.4 is 20.1 Å². The lowest BCUT2D eigenvalue weighted by atomic mass is 9.89. The SMILES string of the molecule is COc1ccc(OC)c(N/C=C(/C#N)C(=O)NC(C)c2ccc3c(c2)CCCC3)c1. The summed E-state index contributed by atoms with van der Waals surface area (Å²) in [7, 11) is 3.12. The van der Waals surface area contributed by atoms with Crippen LogP contribution in [0.4, 0.5) is 5.69 Å². The molecule has 0 fully saturated rings. The molecule has 0 bridgehead atoms. The molecule has 6 heteroatoms. The molecule has 3 rings (SSSR count). The molecular weight excluding hydrogens is 378 g/mol. The Kier molecular flexibility index (Phi) is 6.97. The summed E-state index contributed by atoms with van der Waals surface area (Å²) >= 11 is 0. The molecule has 0 aliphatic heterocycles. The third kappa shape index (κ3) is 4.93. The van der Waals surface area contributed by atoms with Crippen LogP contribution in [0, 0.1) is 11.3 Å². The lowest BCUT2D eigenvalue weighted by Crippen LogP contribution is -2.28. The van der Waals surface area contributed by atoms with Crippen molar-refractivity contribution in [1.82, 2.24) is 5.32 Å². The van der Waals surface area contributed by atoms with Gasteiger partial charge in [-0.1, -0.05) is 18.2 Å². The molecule has 0 spiro atoms. The third-order valence-corrected chi connectivity index (χ3v) is 5.36. The first-order chi connectivity index (χ1) is 14.5. The summed E-state index contributed by atoms with van der Waals surface area (Å²) in [6, 6.07) is 13.4. The van der Waals surface area contributed by atoms with Crippen molar-refractivity contribution in [3.05, 3.63) is 64.9 Å². The van der Waals surface area contributed by atoms with E-state index < -0.39 is 5.91 Å². The number of aryl methyl sites for hydroxylation is 2. The van der Waals surface area contributed by atoms with Gasteiger partial charge in [-0.15, -0.1) is 0 Å². The van der Waals surface area contributed by atoms with Crippen molar-refractivity contribution in [1.29, 1.82) is 5.26 Å². The summed E-state index contributed by atoms with van der Waals surface area (Å²) in [4.78, 5) is 12.6. The number of ether oxygens (including phenoxy) is 2. The predicted octanol–water partition coefficient (Wildman–Crippen LogP) is 4.28. The second kappa shape index (κ2) is 9.84. The number of nitrogens with zero attached hydrogens (tertiary/aromatic N) is 1. The molecule has 6 nitrogen and oxygen atoms in total. The Morgan fingerprint density at radius 3 is 2.57 bits per heavy atom. The van der Waals surface area contributed by atoms with E-state index in [0.29, 0.717) is 17.2 Å². The molecular formula is C24H27N3O3. The summed E-state index contributed by atoms with van der Waals surface area (Å²) in [5, 5.41) is 15.4. The van der Waals surface area contributed by atoms with E-state index in [4.69, 9.17) is 9.47 Å². The van der Waals surface area contributed by atoms with E-state index in [-0.39, 0.29) is 11.6 Å². The highest BCUT2D eigenvalue weighted by Crippen LogP contribution is 2.29. The zero-order valence-corrected chi connectivity index (χ0v) is 17.6. The van der Waals surface area contributed by atoms with E-state index >= 15 is 0 Å². The predicted molar refractivity (Wildman–Crippen MR) is 117 cm³/mol. The second-order valence-corrected chi connectivity index (χ2v) is 7.31. The number of benzene rings is 2. The van der Waals surface area contributed by atoms with Crippen LogP contribution in [0.1, 0.15) is 42.5 Å². The van der Waals surface area contributed by atoms with Crippen molar-refractivity contribution in [2.75, 3.05) is 19.5 Å². The number of nitriles is 1. The molecule has 0 aromatic heterocycles. The average molecular weight is 405 g/mol. The Morgan fingerprint density at radius 1 is 1.10 bits per heavy atom. The molecule has 2 aromatic rings. The first-order valence-electron chi connectivity index (χ1n) is 10.1. The van der Waals surface area contributed by atoms with Crippen LogP contribution in [0.3, 0.4) is 0 Å². The van der Waals surface area contributed by atoms with Crippen LogP contribution in [0.5, 0.6) is 11.5 Å². The molecule has 0 saturated heterocycles. The number of rotatable bonds is 7. The van der Waals surface area contributed by atoms with Gasteiger partial charge in [-0.25, -0.2) is 0 Å². The largest absolute Gasteiger partial charge is 0.497 e. The molecule has 2 aromatic carbocycles. The normalized spacial score (nSPS) is 14.1. The molecule has 1 unspecified atom stereocenters. The van der Waals surface area contributed by atoms with Crippen LogP contribution in [0.2, 0.25) is 0 Å². The lowest BCUT2D eigenvalue weighted by molar-refractivity contribution is -0.117. The van der Waals surface area contributed by atoms with Crippen molar-refractivity contribution in [2.24, 2.45) is 0 Å². The van der Waals surface area contributed by atoms with Crippen molar-refractivity contribution in [3.63, 3.8) is 0 Å². The van der Waals surface area contributed by atoms with E-state index in [9.17, 15) is 10.1 Å². The number of carbonyl (C=O) groups excluding carboxylic acids is 1. The lowest BCUT2D eigenvalue weighted by Gasteiger charge is -2.20. The zero-order chi connectivity index (χ0) is 21.5. The number of fused-ring (bicyclic) bond motifs is 1. The molecule has 1 aliphatic carbocycles. The Labute approximate surface area is 177 Å². The van der Waals surface area contributed by atoms with Gasteiger partial charge < -0.3 is 20.1 Å². The Balaban J connectivity index is 1.71. The van der Waals surface area contributed by atoms with E-state index in [1.54, 1.807) is 32.4 Å². The van der Waals surface area contributed by atoms with Crippen molar-refractivity contribution in [2.45, 2.75) is 38.6 Å². The van der Waals surface area contributed by atoms with Gasteiger partial charge in [0.15, 0.2) is 0 Å². The van der Waals surface area contributed by atoms with E-state index in [1.807, 2.05) is 13.0 Å². The first kappa shape index (κ1) is 21.3. The summed E-state index contributed by atoms with van der Waals surface area (Å²) in [6.07, 6.45) is 6.03. The number of carbonyl (C=O) groups is 1. The second-order valence-electron chi connectivity index (χ2n) is 7.31. The van der Waals surface area contributed by atoms with E-state index in [1.165, 1.54) is 30.2 Å². The number of hydrogen-bond donors (Lipinski definition) is 2. The molecule has 0 saturated carbocycles. The van der Waals surface area contributed by atoms with Gasteiger partial charge >= 0.3 is 0 Å². The van der Waals surface area contributed by atoms with Gasteiger partial charge in [0.05, 0.1) is 25.9 Å². The summed E-state index contributed by atoms with van der Waals surface area (Å²) in [5.41, 5.74) is 4.38. The highest BCUT2D eigenvalue weighted by atomic mass is 16.5. The highest BCUT2D eigenvalue weighted by molar-refractivity contribution is 5.97. The van der Waals surface area contributed by atoms with Crippen molar-refractivity contribution >= 4 is 11.6 Å². The van der Waals surface area contributed by atoms with Gasteiger partial charge in [0.1, 0.15) is 23.1 Å². The van der Waals surface area contributed by atoms with Gasteiger partial charge in [-0.05, 0) is 61.4 Å². The summed E-state index contributed by atoms with van der Waals surface area (Å²) in [6.45, 7) is 1.93. The van der Waals surface area contributed by atoms with Crippen LogP contribution in [-0.4, -0.2) is 20.1 Å². The molecule has 0 heterocycles. The standard InChI is InChI=1S/C24H27N3O3/c1-16(18-9-8-17-6-4-5-7-19(17)12-18)27-24(28)20(14-25)15-26-22-13-21(29-2)10-11-23(22)30-3/h8-13,15-16,26H,4-7H2,1-3H3,(H,27,28)/b20-15-. The van der Waals surface area contributed by atoms with E-state index in [2.05, 4.69) is 28.8 Å². The minimum atomic E-state index is -0.433. The number of nitrogens with one attached hydrogen (secondary N) is 2. The third-order valence-electron chi connectivity index (χ3n) is 5.36. The number of amides is 1. The molecule has 0 radical (unpaired) electrons. The molecule has 1 aliphatic rings. The minimum Gasteiger partial charge on any atom is -0.497 e. The summed E-state index contributed by atoms with van der Waals surface area (Å²) < 4.78 is 10.5. The van der Waals surface area contributed by atoms with Crippen LogP contribution in [0.25, 0.3) is 0 Å². The zero-order valence-electron chi connectivity index (χ0n) is 17.6. The molecule has 1 atom stereocenters. The first-order valence-corrected chi connectivity index (χ1v) is 10.1. The maximum atomic E-state index is 12.6. The summed E-state index contributed by atoms with van der Waals surface area (Å²) in [5.74, 6) is 0.778. The topological polar surface area (TPSA) is 83.4 Å². The van der Waals surface area contributed by atoms with Crippen molar-refractivity contribution in [3.8, 4) is 17.6 Å². The van der Waals surface area contributed by atoms with Gasteiger partial charge in [0.2, 0.25) is 0 Å². The van der Waals surface area contributed by atoms with Gasteiger partial charge in [0, 0.05) is 12.3 Å². The molecule has 1 amide bonds. The van der Waals surface area contributed by atoms with Crippen LogP contribution in [-0.2, 0) is 17.6 Å². The Bertz CT molecular complexity index is 992. The highest BCUT2D eigenvalue weighted by Gasteiger charge is 2.16. The van der Waals surface area contributed by atoms with Gasteiger partial charge in [-0.3, -0.25) is 4.79 Å². The number of methoxy groups -OCH3 is 2. The molecule has 156 valence electrons. The average Bonchev–Trinajstić information content (AvgIpc) is 2.78. The van der Waals surface area contributed by atoms with Gasteiger partial charge in [0.25, 0.3) is 5.91 Å². The fourth-order valence-corrected chi connectivity index (χ4v) is 3.61. The maximum absolute atomic E-state index is 12.6. The number of hydrogen-bond acceptors (Lipinski definition) is 5. The van der Waals surface area contributed by atoms with E-state index in [0.717, 1.165) is 18.4 Å². The van der Waals surface area contributed by atoms with Crippen molar-refractivity contribution < 1.29 is 14.3 Å². The Hall–Kier alpha value is -3.46. The molecule has 2 N–H and O–H groups in total. The quantitative estimate of drug-likeness (QED) is 0.531. The number of anilines is 1. The minimum absolute atomic E-state index is 0.0234. The fraction of sp³-hybridized carbons (Fsp3) is 0.333.